The van der Waals surface area contributed by atoms with Crippen molar-refractivity contribution < 1.29 is 4.43 Å². The summed E-state index contributed by atoms with van der Waals surface area (Å²) in [5.41, 5.74) is 1.38. The summed E-state index contributed by atoms with van der Waals surface area (Å²) in [6.07, 6.45) is 2.32. The van der Waals surface area contributed by atoms with Gasteiger partial charge in [-0.15, -0.1) is 0 Å². The number of hydrogen-bond acceptors (Lipinski definition) is 1. The summed E-state index contributed by atoms with van der Waals surface area (Å²) in [5.74, 6) is 0. The Morgan fingerprint density at radius 1 is 1.21 bits per heavy atom. The van der Waals surface area contributed by atoms with Gasteiger partial charge in [-0.1, -0.05) is 43.7 Å². The number of benzene rings is 1. The average Bonchev–Trinajstić information content (AvgIpc) is 2.20. The van der Waals surface area contributed by atoms with Crippen molar-refractivity contribution in [2.24, 2.45) is 0 Å². The molecule has 78 valence electrons. The molecule has 0 bridgehead atoms. The van der Waals surface area contributed by atoms with Gasteiger partial charge in [0.25, 0.3) is 0 Å². The van der Waals surface area contributed by atoms with E-state index in [1.165, 1.54) is 18.0 Å². The van der Waals surface area contributed by atoms with Gasteiger partial charge in [0.15, 0.2) is 9.04 Å². The van der Waals surface area contributed by atoms with Crippen LogP contribution in [-0.2, 0) is 10.8 Å². The maximum Gasteiger partial charge on any atom is 0.173 e. The third kappa shape index (κ3) is 4.58. The van der Waals surface area contributed by atoms with Gasteiger partial charge in [-0.05, 0) is 24.6 Å². The van der Waals surface area contributed by atoms with E-state index in [1.807, 2.05) is 0 Å². The highest BCUT2D eigenvalue weighted by atomic mass is 28.3. The van der Waals surface area contributed by atoms with Crippen molar-refractivity contribution >= 4 is 9.04 Å². The first-order chi connectivity index (χ1) is 6.83. The van der Waals surface area contributed by atoms with E-state index in [-0.39, 0.29) is 0 Å². The fourth-order valence-electron chi connectivity index (χ4n) is 1.51. The van der Waals surface area contributed by atoms with Gasteiger partial charge in [0.2, 0.25) is 0 Å². The van der Waals surface area contributed by atoms with Gasteiger partial charge in [-0.25, -0.2) is 0 Å². The second-order valence-corrected chi connectivity index (χ2v) is 6.24. The Balaban J connectivity index is 2.16. The molecule has 1 nitrogen and oxygen atoms in total. The second-order valence-electron chi connectivity index (χ2n) is 3.71. The fourth-order valence-corrected chi connectivity index (χ4v) is 3.01. The van der Waals surface area contributed by atoms with Gasteiger partial charge in [-0.2, -0.15) is 0 Å². The maximum absolute atomic E-state index is 5.83. The highest BCUT2D eigenvalue weighted by Gasteiger charge is 2.02. The Bertz CT molecular complexity index is 235. The summed E-state index contributed by atoms with van der Waals surface area (Å²) in [4.78, 5) is 0. The van der Waals surface area contributed by atoms with Gasteiger partial charge in [0, 0.05) is 6.61 Å². The first-order valence-corrected chi connectivity index (χ1v) is 7.92. The molecule has 1 aromatic carbocycles. The smallest absolute Gasteiger partial charge is 0.173 e. The molecule has 0 spiro atoms. The van der Waals surface area contributed by atoms with Crippen molar-refractivity contribution in [2.75, 3.05) is 6.61 Å². The summed E-state index contributed by atoms with van der Waals surface area (Å²) in [5, 5.41) is 0. The molecule has 0 aliphatic carbocycles. The molecule has 1 atom stereocenters. The monoisotopic (exact) mass is 208 g/mol. The SMILES string of the molecule is CCC[SiH](C)OCCc1ccccc1. The summed E-state index contributed by atoms with van der Waals surface area (Å²) in [6, 6.07) is 11.9. The molecule has 0 amide bonds. The molecule has 0 saturated heterocycles. The van der Waals surface area contributed by atoms with Crippen LogP contribution in [0.2, 0.25) is 12.6 Å². The highest BCUT2D eigenvalue weighted by Crippen LogP contribution is 2.02. The Morgan fingerprint density at radius 2 is 1.93 bits per heavy atom. The number of hydrogen-bond donors (Lipinski definition) is 0. The van der Waals surface area contributed by atoms with Crippen LogP contribution >= 0.6 is 0 Å². The van der Waals surface area contributed by atoms with E-state index in [0.29, 0.717) is 0 Å². The van der Waals surface area contributed by atoms with E-state index in [0.717, 1.165) is 13.0 Å². The summed E-state index contributed by atoms with van der Waals surface area (Å²) < 4.78 is 5.83. The van der Waals surface area contributed by atoms with E-state index < -0.39 is 9.04 Å². The normalized spacial score (nSPS) is 12.7. The molecule has 0 heterocycles. The van der Waals surface area contributed by atoms with Crippen LogP contribution in [0, 0.1) is 0 Å². The summed E-state index contributed by atoms with van der Waals surface area (Å²) >= 11 is 0. The average molecular weight is 208 g/mol. The van der Waals surface area contributed by atoms with Gasteiger partial charge in [0.1, 0.15) is 0 Å². The molecule has 1 unspecified atom stereocenters. The van der Waals surface area contributed by atoms with E-state index in [4.69, 9.17) is 4.43 Å². The molecule has 1 rings (SSSR count). The Kier molecular flexibility index (Phi) is 5.57. The van der Waals surface area contributed by atoms with Gasteiger partial charge in [-0.3, -0.25) is 0 Å². The van der Waals surface area contributed by atoms with Crippen molar-refractivity contribution in [3.8, 4) is 0 Å². The van der Waals surface area contributed by atoms with Crippen LogP contribution in [0.4, 0.5) is 0 Å². The van der Waals surface area contributed by atoms with Crippen LogP contribution in [0.1, 0.15) is 18.9 Å². The van der Waals surface area contributed by atoms with Gasteiger partial charge < -0.3 is 4.43 Å². The Hall–Kier alpha value is -0.603. The summed E-state index contributed by atoms with van der Waals surface area (Å²) in [6.45, 7) is 5.41. The fraction of sp³-hybridized carbons (Fsp3) is 0.500. The lowest BCUT2D eigenvalue weighted by Crippen LogP contribution is -2.14. The van der Waals surface area contributed by atoms with E-state index in [1.54, 1.807) is 0 Å². The van der Waals surface area contributed by atoms with E-state index in [2.05, 4.69) is 43.8 Å². The zero-order valence-corrected chi connectivity index (χ0v) is 10.4. The number of rotatable bonds is 6. The van der Waals surface area contributed by atoms with Gasteiger partial charge >= 0.3 is 0 Å². The molecule has 0 aliphatic heterocycles. The van der Waals surface area contributed by atoms with Crippen LogP contribution in [0.3, 0.4) is 0 Å². The molecule has 0 aliphatic rings. The van der Waals surface area contributed by atoms with Crippen molar-refractivity contribution in [3.05, 3.63) is 35.9 Å². The lowest BCUT2D eigenvalue weighted by Gasteiger charge is -2.10. The molecule has 1 aromatic rings. The molecular weight excluding hydrogens is 188 g/mol. The lowest BCUT2D eigenvalue weighted by molar-refractivity contribution is 0.326. The molecule has 0 fully saturated rings. The maximum atomic E-state index is 5.83. The van der Waals surface area contributed by atoms with Crippen molar-refractivity contribution in [3.63, 3.8) is 0 Å². The van der Waals surface area contributed by atoms with Gasteiger partial charge in [0.05, 0.1) is 0 Å². The predicted octanol–water partition coefficient (Wildman–Crippen LogP) is 3.01. The van der Waals surface area contributed by atoms with E-state index in [9.17, 15) is 0 Å². The quantitative estimate of drug-likeness (QED) is 0.653. The minimum atomic E-state index is -0.843. The van der Waals surface area contributed by atoms with Crippen LogP contribution in [0.25, 0.3) is 0 Å². The zero-order valence-electron chi connectivity index (χ0n) is 9.20. The molecule has 2 heteroatoms. The molecular formula is C12H20OSi. The largest absolute Gasteiger partial charge is 0.420 e. The third-order valence-electron chi connectivity index (χ3n) is 2.33. The lowest BCUT2D eigenvalue weighted by atomic mass is 10.2. The summed E-state index contributed by atoms with van der Waals surface area (Å²) in [7, 11) is -0.843. The highest BCUT2D eigenvalue weighted by molar-refractivity contribution is 6.50. The minimum absolute atomic E-state index is 0.843. The Labute approximate surface area is 88.8 Å². The molecule has 0 N–H and O–H groups in total. The van der Waals surface area contributed by atoms with Crippen LogP contribution in [0.15, 0.2) is 30.3 Å². The molecule has 0 aromatic heterocycles. The van der Waals surface area contributed by atoms with Crippen molar-refractivity contribution in [1.29, 1.82) is 0 Å². The predicted molar refractivity (Wildman–Crippen MR) is 64.2 cm³/mol. The molecule has 0 radical (unpaired) electrons. The standard InChI is InChI=1S/C12H20OSi/c1-3-11-14(2)13-10-9-12-7-5-4-6-8-12/h4-8,14H,3,9-11H2,1-2H3. The van der Waals surface area contributed by atoms with Crippen LogP contribution in [-0.4, -0.2) is 15.6 Å². The topological polar surface area (TPSA) is 9.23 Å². The molecule has 0 saturated carbocycles. The first-order valence-electron chi connectivity index (χ1n) is 5.48. The van der Waals surface area contributed by atoms with Crippen molar-refractivity contribution in [2.45, 2.75) is 32.4 Å². The second kappa shape index (κ2) is 6.79. The molecule has 14 heavy (non-hydrogen) atoms. The van der Waals surface area contributed by atoms with Crippen molar-refractivity contribution in [1.82, 2.24) is 0 Å². The van der Waals surface area contributed by atoms with Crippen LogP contribution < -0.4 is 0 Å². The first kappa shape index (κ1) is 11.5. The zero-order chi connectivity index (χ0) is 10.2. The Morgan fingerprint density at radius 3 is 2.57 bits per heavy atom. The third-order valence-corrected chi connectivity index (χ3v) is 4.53. The van der Waals surface area contributed by atoms with E-state index >= 15 is 0 Å². The minimum Gasteiger partial charge on any atom is -0.420 e. The van der Waals surface area contributed by atoms with Crippen LogP contribution in [0.5, 0.6) is 0 Å².